The molecule has 1 aromatic heterocycles. The molecule has 0 unspecified atom stereocenters. The second kappa shape index (κ2) is 8.18. The number of nitrogens with one attached hydrogen (secondary N) is 3. The normalized spacial score (nSPS) is 10.2. The van der Waals surface area contributed by atoms with Crippen molar-refractivity contribution in [1.29, 1.82) is 0 Å². The predicted octanol–water partition coefficient (Wildman–Crippen LogP) is 5.04. The van der Waals surface area contributed by atoms with E-state index in [-0.39, 0.29) is 11.6 Å². The van der Waals surface area contributed by atoms with Crippen LogP contribution in [0.1, 0.15) is 10.5 Å². The van der Waals surface area contributed by atoms with E-state index in [0.717, 1.165) is 5.69 Å². The molecule has 0 aliphatic heterocycles. The smallest absolute Gasteiger partial charge is 0.277 e. The molecule has 9 heteroatoms. The van der Waals surface area contributed by atoms with Crippen LogP contribution in [-0.4, -0.2) is 16.0 Å². The molecule has 0 saturated carbocycles. The summed E-state index contributed by atoms with van der Waals surface area (Å²) in [5.41, 5.74) is 2.24. The van der Waals surface area contributed by atoms with E-state index in [2.05, 4.69) is 20.9 Å². The fourth-order valence-electron chi connectivity index (χ4n) is 2.08. The SMILES string of the molecule is O=C(Nc1ccc(NC(=S)Nc2cc(Cl)cc(Cl)c2)cc1)c1cocn1. The van der Waals surface area contributed by atoms with E-state index in [1.807, 2.05) is 0 Å². The highest BCUT2D eigenvalue weighted by atomic mass is 35.5. The van der Waals surface area contributed by atoms with Crippen LogP contribution in [0.25, 0.3) is 0 Å². The minimum absolute atomic E-state index is 0.206. The minimum atomic E-state index is -0.352. The van der Waals surface area contributed by atoms with Crippen molar-refractivity contribution >= 4 is 63.5 Å². The van der Waals surface area contributed by atoms with E-state index < -0.39 is 0 Å². The third-order valence-electron chi connectivity index (χ3n) is 3.19. The zero-order chi connectivity index (χ0) is 18.5. The molecule has 3 aromatic rings. The van der Waals surface area contributed by atoms with Crippen molar-refractivity contribution in [3.05, 3.63) is 70.9 Å². The molecule has 0 aliphatic rings. The number of halogens is 2. The van der Waals surface area contributed by atoms with Gasteiger partial charge in [-0.1, -0.05) is 23.2 Å². The lowest BCUT2D eigenvalue weighted by Crippen LogP contribution is -2.19. The Balaban J connectivity index is 1.58. The quantitative estimate of drug-likeness (QED) is 0.526. The number of nitrogens with zero attached hydrogens (tertiary/aromatic N) is 1. The van der Waals surface area contributed by atoms with Gasteiger partial charge in [-0.15, -0.1) is 0 Å². The first kappa shape index (κ1) is 18.2. The molecule has 3 rings (SSSR count). The van der Waals surface area contributed by atoms with Crippen molar-refractivity contribution in [3.8, 4) is 0 Å². The van der Waals surface area contributed by atoms with Crippen LogP contribution >= 0.6 is 35.4 Å². The predicted molar refractivity (Wildman–Crippen MR) is 107 cm³/mol. The molecular weight excluding hydrogens is 395 g/mol. The number of anilines is 3. The van der Waals surface area contributed by atoms with Crippen molar-refractivity contribution in [1.82, 2.24) is 4.98 Å². The van der Waals surface area contributed by atoms with Gasteiger partial charge in [-0.05, 0) is 54.7 Å². The number of benzene rings is 2. The van der Waals surface area contributed by atoms with Crippen molar-refractivity contribution in [2.45, 2.75) is 0 Å². The first-order valence-corrected chi connectivity index (χ1v) is 8.50. The first-order valence-electron chi connectivity index (χ1n) is 7.33. The standard InChI is InChI=1S/C17H12Cl2N4O2S/c18-10-5-11(19)7-14(6-10)23-17(26)22-13-3-1-12(2-4-13)21-16(24)15-8-25-9-20-15/h1-9H,(H,21,24)(H2,22,23,26). The van der Waals surface area contributed by atoms with Crippen LogP contribution < -0.4 is 16.0 Å². The molecule has 0 spiro atoms. The summed E-state index contributed by atoms with van der Waals surface area (Å²) in [7, 11) is 0. The largest absolute Gasteiger partial charge is 0.451 e. The van der Waals surface area contributed by atoms with Gasteiger partial charge >= 0.3 is 0 Å². The monoisotopic (exact) mass is 406 g/mol. The van der Waals surface area contributed by atoms with E-state index in [1.54, 1.807) is 42.5 Å². The summed E-state index contributed by atoms with van der Waals surface area (Å²) in [4.78, 5) is 15.7. The van der Waals surface area contributed by atoms with Crippen LogP contribution in [-0.2, 0) is 0 Å². The highest BCUT2D eigenvalue weighted by molar-refractivity contribution is 7.80. The highest BCUT2D eigenvalue weighted by Crippen LogP contribution is 2.23. The van der Waals surface area contributed by atoms with Gasteiger partial charge in [0.2, 0.25) is 0 Å². The second-order valence-corrected chi connectivity index (χ2v) is 6.42. The molecule has 1 heterocycles. The number of oxazole rings is 1. The van der Waals surface area contributed by atoms with Crippen LogP contribution in [0.4, 0.5) is 17.1 Å². The number of hydrogen-bond acceptors (Lipinski definition) is 4. The zero-order valence-electron chi connectivity index (χ0n) is 13.1. The average molecular weight is 407 g/mol. The molecule has 26 heavy (non-hydrogen) atoms. The molecule has 3 N–H and O–H groups in total. The molecule has 0 bridgehead atoms. The third-order valence-corrected chi connectivity index (χ3v) is 3.83. The number of carbonyl (C=O) groups excluding carboxylic acids is 1. The second-order valence-electron chi connectivity index (χ2n) is 5.14. The van der Waals surface area contributed by atoms with Gasteiger partial charge in [0.25, 0.3) is 5.91 Å². The van der Waals surface area contributed by atoms with E-state index in [9.17, 15) is 4.79 Å². The maximum atomic E-state index is 11.9. The van der Waals surface area contributed by atoms with Gasteiger partial charge in [0, 0.05) is 27.1 Å². The summed E-state index contributed by atoms with van der Waals surface area (Å²) in [6, 6.07) is 12.1. The van der Waals surface area contributed by atoms with E-state index in [0.29, 0.717) is 26.5 Å². The molecule has 6 nitrogen and oxygen atoms in total. The van der Waals surface area contributed by atoms with E-state index in [4.69, 9.17) is 39.8 Å². The van der Waals surface area contributed by atoms with Gasteiger partial charge in [-0.2, -0.15) is 0 Å². The number of rotatable bonds is 4. The topological polar surface area (TPSA) is 79.2 Å². The van der Waals surface area contributed by atoms with Crippen LogP contribution in [0.5, 0.6) is 0 Å². The zero-order valence-corrected chi connectivity index (χ0v) is 15.5. The number of amides is 1. The Labute approximate surface area is 164 Å². The van der Waals surface area contributed by atoms with Crippen LogP contribution in [0.2, 0.25) is 10.0 Å². The maximum Gasteiger partial charge on any atom is 0.277 e. The fourth-order valence-corrected chi connectivity index (χ4v) is 2.84. The number of thiocarbonyl (C=S) groups is 1. The van der Waals surface area contributed by atoms with Gasteiger partial charge in [0.15, 0.2) is 17.2 Å². The van der Waals surface area contributed by atoms with Crippen molar-refractivity contribution in [3.63, 3.8) is 0 Å². The lowest BCUT2D eigenvalue weighted by molar-refractivity contribution is 0.102. The highest BCUT2D eigenvalue weighted by Gasteiger charge is 2.09. The van der Waals surface area contributed by atoms with Gasteiger partial charge < -0.3 is 20.4 Å². The lowest BCUT2D eigenvalue weighted by Gasteiger charge is -2.12. The molecule has 0 atom stereocenters. The Morgan fingerprint density at radius 2 is 1.50 bits per heavy atom. The van der Waals surface area contributed by atoms with Gasteiger partial charge in [0.1, 0.15) is 6.26 Å². The molecule has 0 aliphatic carbocycles. The number of aromatic nitrogens is 1. The van der Waals surface area contributed by atoms with Crippen LogP contribution in [0, 0.1) is 0 Å². The summed E-state index contributed by atoms with van der Waals surface area (Å²) < 4.78 is 4.78. The number of carbonyl (C=O) groups is 1. The van der Waals surface area contributed by atoms with Crippen LogP contribution in [0.3, 0.4) is 0 Å². The third kappa shape index (κ3) is 4.95. The minimum Gasteiger partial charge on any atom is -0.451 e. The van der Waals surface area contributed by atoms with Gasteiger partial charge in [-0.25, -0.2) is 4.98 Å². The Kier molecular flexibility index (Phi) is 5.72. The lowest BCUT2D eigenvalue weighted by atomic mass is 10.2. The van der Waals surface area contributed by atoms with Gasteiger partial charge in [-0.3, -0.25) is 4.79 Å². The maximum absolute atomic E-state index is 11.9. The summed E-state index contributed by atoms with van der Waals surface area (Å²) in [6.45, 7) is 0. The van der Waals surface area contributed by atoms with E-state index >= 15 is 0 Å². The van der Waals surface area contributed by atoms with Gasteiger partial charge in [0.05, 0.1) is 0 Å². The first-order chi connectivity index (χ1) is 12.5. The Morgan fingerprint density at radius 3 is 2.08 bits per heavy atom. The fraction of sp³-hybridized carbons (Fsp3) is 0. The molecule has 132 valence electrons. The summed E-state index contributed by atoms with van der Waals surface area (Å²) in [5.74, 6) is -0.352. The van der Waals surface area contributed by atoms with Crippen molar-refractivity contribution < 1.29 is 9.21 Å². The van der Waals surface area contributed by atoms with Crippen LogP contribution in [0.15, 0.2) is 59.5 Å². The number of hydrogen-bond donors (Lipinski definition) is 3. The Hall–Kier alpha value is -2.61. The summed E-state index contributed by atoms with van der Waals surface area (Å²) in [5, 5.41) is 10.1. The van der Waals surface area contributed by atoms with E-state index in [1.165, 1.54) is 12.7 Å². The molecule has 0 fully saturated rings. The summed E-state index contributed by atoms with van der Waals surface area (Å²) >= 11 is 17.2. The molecular formula is C17H12Cl2N4O2S. The molecule has 0 radical (unpaired) electrons. The molecule has 2 aromatic carbocycles. The average Bonchev–Trinajstić information content (AvgIpc) is 3.10. The molecule has 1 amide bonds. The molecule has 0 saturated heterocycles. The summed E-state index contributed by atoms with van der Waals surface area (Å²) in [6.07, 6.45) is 2.47. The Morgan fingerprint density at radius 1 is 0.923 bits per heavy atom. The van der Waals surface area contributed by atoms with Crippen molar-refractivity contribution in [2.24, 2.45) is 0 Å². The Bertz CT molecular complexity index is 910. The van der Waals surface area contributed by atoms with Crippen molar-refractivity contribution in [2.75, 3.05) is 16.0 Å².